The van der Waals surface area contributed by atoms with Crippen LogP contribution in [0.2, 0.25) is 5.02 Å². The van der Waals surface area contributed by atoms with E-state index in [4.69, 9.17) is 11.6 Å². The Balaban J connectivity index is 1.57. The van der Waals surface area contributed by atoms with Crippen LogP contribution < -0.4 is 4.90 Å². The molecule has 0 spiro atoms. The molecule has 0 N–H and O–H groups in total. The van der Waals surface area contributed by atoms with Gasteiger partial charge in [0.15, 0.2) is 0 Å². The van der Waals surface area contributed by atoms with E-state index in [2.05, 4.69) is 40.2 Å². The number of anilines is 1. The topological polar surface area (TPSA) is 57.0 Å². The first-order valence-corrected chi connectivity index (χ1v) is 11.2. The highest BCUT2D eigenvalue weighted by Gasteiger charge is 2.16. The lowest BCUT2D eigenvalue weighted by Crippen LogP contribution is -2.37. The van der Waals surface area contributed by atoms with Gasteiger partial charge in [-0.25, -0.2) is 4.98 Å². The van der Waals surface area contributed by atoms with Crippen molar-refractivity contribution in [2.75, 3.05) is 29.5 Å². The molecule has 0 radical (unpaired) electrons. The Bertz CT molecular complexity index is 1030. The second kappa shape index (κ2) is 7.81. The Kier molecular flexibility index (Phi) is 5.26. The summed E-state index contributed by atoms with van der Waals surface area (Å²) in [5, 5.41) is 10.7. The van der Waals surface area contributed by atoms with Crippen molar-refractivity contribution in [2.24, 2.45) is 0 Å². The highest BCUT2D eigenvalue weighted by molar-refractivity contribution is 7.85. The Labute approximate surface area is 169 Å². The molecule has 2 aromatic carbocycles. The second-order valence-electron chi connectivity index (χ2n) is 6.21. The molecule has 1 aliphatic heterocycles. The van der Waals surface area contributed by atoms with Gasteiger partial charge in [0.2, 0.25) is 0 Å². The van der Waals surface area contributed by atoms with Crippen molar-refractivity contribution in [1.29, 1.82) is 5.26 Å². The standard InChI is InChI=1S/C20H16ClN3OS2/c21-16-3-6-18(15(11-16)12-22)20-23-13-19(26-20)14-1-4-17(5-2-14)24-7-9-27(25)10-8-24/h1-6,11,13H,7-10H2. The molecule has 0 aliphatic carbocycles. The number of hydrogen-bond donors (Lipinski definition) is 0. The third kappa shape index (κ3) is 3.91. The summed E-state index contributed by atoms with van der Waals surface area (Å²) in [5.41, 5.74) is 3.58. The molecule has 0 unspecified atom stereocenters. The van der Waals surface area contributed by atoms with Gasteiger partial charge in [-0.2, -0.15) is 5.26 Å². The largest absolute Gasteiger partial charge is 0.370 e. The van der Waals surface area contributed by atoms with Crippen LogP contribution >= 0.6 is 22.9 Å². The van der Waals surface area contributed by atoms with Gasteiger partial charge in [-0.05, 0) is 35.9 Å². The van der Waals surface area contributed by atoms with Crippen molar-refractivity contribution < 1.29 is 4.21 Å². The number of halogens is 1. The first-order chi connectivity index (χ1) is 13.1. The normalized spacial score (nSPS) is 14.9. The Hall–Kier alpha value is -2.20. The summed E-state index contributed by atoms with van der Waals surface area (Å²) in [6.07, 6.45) is 1.84. The lowest BCUT2D eigenvalue weighted by molar-refractivity contribution is 0.673. The van der Waals surface area contributed by atoms with E-state index in [1.165, 1.54) is 0 Å². The average molecular weight is 414 g/mol. The number of nitrogens with zero attached hydrogens (tertiary/aromatic N) is 3. The molecule has 1 aliphatic rings. The summed E-state index contributed by atoms with van der Waals surface area (Å²) < 4.78 is 11.5. The third-order valence-corrected chi connectivity index (χ3v) is 7.12. The van der Waals surface area contributed by atoms with E-state index in [1.807, 2.05) is 12.3 Å². The zero-order valence-electron chi connectivity index (χ0n) is 14.4. The predicted octanol–water partition coefficient (Wildman–Crippen LogP) is 4.57. The van der Waals surface area contributed by atoms with E-state index in [1.54, 1.807) is 23.5 Å². The van der Waals surface area contributed by atoms with Crippen LogP contribution in [0.1, 0.15) is 5.56 Å². The molecule has 3 aromatic rings. The molecule has 1 saturated heterocycles. The minimum Gasteiger partial charge on any atom is -0.370 e. The monoisotopic (exact) mass is 413 g/mol. The Morgan fingerprint density at radius 2 is 1.89 bits per heavy atom. The molecular formula is C20H16ClN3OS2. The van der Waals surface area contributed by atoms with Crippen LogP contribution in [0.25, 0.3) is 21.0 Å². The van der Waals surface area contributed by atoms with Gasteiger partial charge in [-0.1, -0.05) is 23.7 Å². The van der Waals surface area contributed by atoms with E-state index in [-0.39, 0.29) is 0 Å². The Morgan fingerprint density at radius 1 is 1.15 bits per heavy atom. The zero-order valence-corrected chi connectivity index (χ0v) is 16.8. The lowest BCUT2D eigenvalue weighted by Gasteiger charge is -2.28. The fraction of sp³-hybridized carbons (Fsp3) is 0.200. The molecule has 4 rings (SSSR count). The number of rotatable bonds is 3. The van der Waals surface area contributed by atoms with Crippen LogP contribution in [0.3, 0.4) is 0 Å². The molecule has 1 fully saturated rings. The van der Waals surface area contributed by atoms with Crippen molar-refractivity contribution in [1.82, 2.24) is 4.98 Å². The highest BCUT2D eigenvalue weighted by Crippen LogP contribution is 2.35. The molecular weight excluding hydrogens is 398 g/mol. The molecule has 7 heteroatoms. The maximum Gasteiger partial charge on any atom is 0.125 e. The van der Waals surface area contributed by atoms with Gasteiger partial charge in [0.25, 0.3) is 0 Å². The van der Waals surface area contributed by atoms with Gasteiger partial charge >= 0.3 is 0 Å². The molecule has 1 aromatic heterocycles. The minimum absolute atomic E-state index is 0.529. The van der Waals surface area contributed by atoms with Crippen molar-refractivity contribution in [2.45, 2.75) is 0 Å². The van der Waals surface area contributed by atoms with E-state index in [0.29, 0.717) is 10.6 Å². The maximum atomic E-state index is 11.5. The zero-order chi connectivity index (χ0) is 18.8. The van der Waals surface area contributed by atoms with Crippen LogP contribution in [0.5, 0.6) is 0 Å². The maximum absolute atomic E-state index is 11.5. The molecule has 0 amide bonds. The van der Waals surface area contributed by atoms with E-state index in [0.717, 1.165) is 51.3 Å². The molecule has 2 heterocycles. The Morgan fingerprint density at radius 3 is 2.59 bits per heavy atom. The van der Waals surface area contributed by atoms with Gasteiger partial charge in [0, 0.05) is 57.9 Å². The van der Waals surface area contributed by atoms with E-state index >= 15 is 0 Å². The van der Waals surface area contributed by atoms with E-state index in [9.17, 15) is 9.47 Å². The first kappa shape index (κ1) is 18.2. The average Bonchev–Trinajstić information content (AvgIpc) is 3.18. The summed E-state index contributed by atoms with van der Waals surface area (Å²) in [5.74, 6) is 1.48. The smallest absolute Gasteiger partial charge is 0.125 e. The quantitative estimate of drug-likeness (QED) is 0.631. The summed E-state index contributed by atoms with van der Waals surface area (Å²) in [4.78, 5) is 7.83. The molecule has 0 bridgehead atoms. The summed E-state index contributed by atoms with van der Waals surface area (Å²) in [7, 11) is -0.668. The molecule has 136 valence electrons. The van der Waals surface area contributed by atoms with Gasteiger partial charge in [0.1, 0.15) is 5.01 Å². The molecule has 4 nitrogen and oxygen atoms in total. The van der Waals surface area contributed by atoms with Crippen LogP contribution in [-0.4, -0.2) is 33.8 Å². The number of thiazole rings is 1. The van der Waals surface area contributed by atoms with Crippen LogP contribution in [0.15, 0.2) is 48.7 Å². The van der Waals surface area contributed by atoms with Gasteiger partial charge in [0.05, 0.1) is 16.5 Å². The van der Waals surface area contributed by atoms with Crippen molar-refractivity contribution in [3.8, 4) is 27.1 Å². The van der Waals surface area contributed by atoms with Crippen LogP contribution in [0.4, 0.5) is 5.69 Å². The van der Waals surface area contributed by atoms with Crippen LogP contribution in [-0.2, 0) is 10.8 Å². The molecule has 27 heavy (non-hydrogen) atoms. The summed E-state index contributed by atoms with van der Waals surface area (Å²) in [6.45, 7) is 1.67. The second-order valence-corrected chi connectivity index (χ2v) is 9.38. The third-order valence-electron chi connectivity index (χ3n) is 4.53. The van der Waals surface area contributed by atoms with Gasteiger partial charge < -0.3 is 4.90 Å². The summed E-state index contributed by atoms with van der Waals surface area (Å²) in [6, 6.07) is 15.9. The minimum atomic E-state index is -0.668. The number of nitriles is 1. The summed E-state index contributed by atoms with van der Waals surface area (Å²) >= 11 is 7.54. The first-order valence-electron chi connectivity index (χ1n) is 8.50. The van der Waals surface area contributed by atoms with Crippen molar-refractivity contribution in [3.63, 3.8) is 0 Å². The van der Waals surface area contributed by atoms with Crippen molar-refractivity contribution >= 4 is 39.4 Å². The van der Waals surface area contributed by atoms with Gasteiger partial charge in [-0.3, -0.25) is 4.21 Å². The number of hydrogen-bond acceptors (Lipinski definition) is 5. The molecule has 0 saturated carbocycles. The SMILES string of the molecule is N#Cc1cc(Cl)ccc1-c1ncc(-c2ccc(N3CCS(=O)CC3)cc2)s1. The number of benzene rings is 2. The number of aromatic nitrogens is 1. The highest BCUT2D eigenvalue weighted by atomic mass is 35.5. The van der Waals surface area contributed by atoms with Crippen LogP contribution in [0, 0.1) is 11.3 Å². The van der Waals surface area contributed by atoms with Crippen molar-refractivity contribution in [3.05, 3.63) is 59.2 Å². The predicted molar refractivity (Wildman–Crippen MR) is 113 cm³/mol. The fourth-order valence-electron chi connectivity index (χ4n) is 3.06. The fourth-order valence-corrected chi connectivity index (χ4v) is 5.25. The van der Waals surface area contributed by atoms with Gasteiger partial charge in [-0.15, -0.1) is 11.3 Å². The molecule has 0 atom stereocenters. The van der Waals surface area contributed by atoms with E-state index < -0.39 is 10.8 Å². The lowest BCUT2D eigenvalue weighted by atomic mass is 10.1.